The fourth-order valence-corrected chi connectivity index (χ4v) is 2.57. The van der Waals surface area contributed by atoms with E-state index in [0.29, 0.717) is 11.0 Å². The Kier molecular flexibility index (Phi) is 5.05. The smallest absolute Gasteiger partial charge is 0.303 e. The highest BCUT2D eigenvalue weighted by molar-refractivity contribution is 7.13. The Labute approximate surface area is 117 Å². The van der Waals surface area contributed by atoms with Gasteiger partial charge in [-0.15, -0.1) is 11.3 Å². The molecule has 1 heterocycles. The first-order chi connectivity index (χ1) is 8.69. The van der Waals surface area contributed by atoms with E-state index >= 15 is 0 Å². The molecule has 0 aromatic carbocycles. The van der Waals surface area contributed by atoms with Crippen LogP contribution in [0.15, 0.2) is 5.38 Å². The van der Waals surface area contributed by atoms with Crippen molar-refractivity contribution in [3.63, 3.8) is 0 Å². The van der Waals surface area contributed by atoms with Gasteiger partial charge in [-0.1, -0.05) is 27.7 Å². The number of nitrogens with one attached hydrogen (secondary N) is 1. The summed E-state index contributed by atoms with van der Waals surface area (Å²) < 4.78 is 0. The van der Waals surface area contributed by atoms with E-state index in [2.05, 4.69) is 10.3 Å². The van der Waals surface area contributed by atoms with Crippen molar-refractivity contribution in [1.29, 1.82) is 0 Å². The lowest BCUT2D eigenvalue weighted by molar-refractivity contribution is -0.139. The Morgan fingerprint density at radius 1 is 1.42 bits per heavy atom. The number of nitrogens with zero attached hydrogens (tertiary/aromatic N) is 1. The molecule has 2 N–H and O–H groups in total. The number of anilines is 1. The van der Waals surface area contributed by atoms with Gasteiger partial charge in [-0.25, -0.2) is 4.98 Å². The van der Waals surface area contributed by atoms with Crippen LogP contribution in [0.25, 0.3) is 0 Å². The topological polar surface area (TPSA) is 79.3 Å². The Balaban J connectivity index is 2.57. The van der Waals surface area contributed by atoms with Crippen molar-refractivity contribution in [2.45, 2.75) is 46.5 Å². The monoisotopic (exact) mass is 284 g/mol. The van der Waals surface area contributed by atoms with Crippen LogP contribution >= 0.6 is 11.3 Å². The number of carboxylic acids is 1. The molecule has 0 radical (unpaired) electrons. The van der Waals surface area contributed by atoms with E-state index in [1.807, 2.05) is 19.2 Å². The predicted molar refractivity (Wildman–Crippen MR) is 75.5 cm³/mol. The van der Waals surface area contributed by atoms with Crippen molar-refractivity contribution < 1.29 is 14.7 Å². The van der Waals surface area contributed by atoms with Gasteiger partial charge in [0, 0.05) is 11.8 Å². The Morgan fingerprint density at radius 2 is 2.05 bits per heavy atom. The average molecular weight is 284 g/mol. The number of amides is 1. The third-order valence-corrected chi connectivity index (χ3v) is 3.40. The van der Waals surface area contributed by atoms with Crippen molar-refractivity contribution >= 4 is 28.3 Å². The van der Waals surface area contributed by atoms with E-state index in [1.54, 1.807) is 13.8 Å². The molecule has 0 spiro atoms. The first-order valence-corrected chi connectivity index (χ1v) is 7.04. The van der Waals surface area contributed by atoms with Gasteiger partial charge in [0.1, 0.15) is 0 Å². The number of carboxylic acid groups (broad SMARTS) is 1. The molecule has 106 valence electrons. The van der Waals surface area contributed by atoms with Gasteiger partial charge in [0.2, 0.25) is 5.91 Å². The molecule has 0 aliphatic carbocycles. The zero-order valence-electron chi connectivity index (χ0n) is 11.7. The standard InChI is InChI=1S/C13H20N2O3S/c1-8(2)9-7-19-12(14-9)15-10(16)5-13(3,4)6-11(17)18/h7-8H,5-6H2,1-4H3,(H,17,18)(H,14,15,16). The molecule has 0 aliphatic rings. The third-order valence-electron chi connectivity index (χ3n) is 2.63. The average Bonchev–Trinajstić information content (AvgIpc) is 2.62. The fourth-order valence-electron chi connectivity index (χ4n) is 1.68. The van der Waals surface area contributed by atoms with Gasteiger partial charge in [-0.2, -0.15) is 0 Å². The zero-order valence-corrected chi connectivity index (χ0v) is 12.5. The van der Waals surface area contributed by atoms with Crippen molar-refractivity contribution in [3.8, 4) is 0 Å². The van der Waals surface area contributed by atoms with Crippen LogP contribution in [0.5, 0.6) is 0 Å². The molecule has 1 amide bonds. The molecule has 0 aliphatic heterocycles. The molecule has 1 aromatic rings. The van der Waals surface area contributed by atoms with Crippen LogP contribution < -0.4 is 5.32 Å². The second kappa shape index (κ2) is 6.14. The molecule has 0 unspecified atom stereocenters. The minimum atomic E-state index is -0.894. The van der Waals surface area contributed by atoms with Gasteiger partial charge >= 0.3 is 5.97 Å². The number of thiazole rings is 1. The number of aromatic nitrogens is 1. The van der Waals surface area contributed by atoms with E-state index in [9.17, 15) is 9.59 Å². The highest BCUT2D eigenvalue weighted by Crippen LogP contribution is 2.27. The number of hydrogen-bond donors (Lipinski definition) is 2. The summed E-state index contributed by atoms with van der Waals surface area (Å²) in [4.78, 5) is 26.9. The summed E-state index contributed by atoms with van der Waals surface area (Å²) in [7, 11) is 0. The van der Waals surface area contributed by atoms with Crippen LogP contribution in [0.1, 0.15) is 52.1 Å². The lowest BCUT2D eigenvalue weighted by Crippen LogP contribution is -2.24. The molecule has 19 heavy (non-hydrogen) atoms. The highest BCUT2D eigenvalue weighted by Gasteiger charge is 2.25. The minimum absolute atomic E-state index is 0.0322. The molecule has 0 saturated carbocycles. The van der Waals surface area contributed by atoms with Gasteiger partial charge in [0.15, 0.2) is 5.13 Å². The van der Waals surface area contributed by atoms with Crippen molar-refractivity contribution in [3.05, 3.63) is 11.1 Å². The second-order valence-corrected chi connectivity index (χ2v) is 6.55. The van der Waals surface area contributed by atoms with Gasteiger partial charge in [0.25, 0.3) is 0 Å². The molecule has 1 aromatic heterocycles. The predicted octanol–water partition coefficient (Wildman–Crippen LogP) is 3.10. The van der Waals surface area contributed by atoms with Gasteiger partial charge in [-0.05, 0) is 11.3 Å². The maximum atomic E-state index is 11.9. The molecule has 6 heteroatoms. The Bertz CT molecular complexity index is 466. The normalized spacial score (nSPS) is 11.6. The van der Waals surface area contributed by atoms with Crippen LogP contribution in [-0.2, 0) is 9.59 Å². The van der Waals surface area contributed by atoms with E-state index in [1.165, 1.54) is 11.3 Å². The maximum absolute atomic E-state index is 11.9. The van der Waals surface area contributed by atoms with E-state index in [-0.39, 0.29) is 18.7 Å². The first kappa shape index (κ1) is 15.6. The molecule has 0 saturated heterocycles. The SMILES string of the molecule is CC(C)c1csc(NC(=O)CC(C)(C)CC(=O)O)n1. The van der Waals surface area contributed by atoms with Crippen molar-refractivity contribution in [2.75, 3.05) is 5.32 Å². The lowest BCUT2D eigenvalue weighted by atomic mass is 9.85. The molecular formula is C13H20N2O3S. The summed E-state index contributed by atoms with van der Waals surface area (Å²) in [6.45, 7) is 7.61. The molecule has 0 fully saturated rings. The minimum Gasteiger partial charge on any atom is -0.481 e. The third kappa shape index (κ3) is 5.38. The van der Waals surface area contributed by atoms with E-state index in [4.69, 9.17) is 5.11 Å². The van der Waals surface area contributed by atoms with Crippen LogP contribution in [0.2, 0.25) is 0 Å². The molecule has 1 rings (SSSR count). The summed E-state index contributed by atoms with van der Waals surface area (Å²) in [6.07, 6.45) is 0.130. The van der Waals surface area contributed by atoms with Gasteiger partial charge in [0.05, 0.1) is 12.1 Å². The van der Waals surface area contributed by atoms with Crippen LogP contribution in [0.3, 0.4) is 0 Å². The zero-order chi connectivity index (χ0) is 14.6. The fraction of sp³-hybridized carbons (Fsp3) is 0.615. The number of hydrogen-bond acceptors (Lipinski definition) is 4. The largest absolute Gasteiger partial charge is 0.481 e. The van der Waals surface area contributed by atoms with E-state index < -0.39 is 11.4 Å². The second-order valence-electron chi connectivity index (χ2n) is 5.69. The summed E-state index contributed by atoms with van der Waals surface area (Å²) in [6, 6.07) is 0. The maximum Gasteiger partial charge on any atom is 0.303 e. The summed E-state index contributed by atoms with van der Waals surface area (Å²) in [5.41, 5.74) is 0.388. The first-order valence-electron chi connectivity index (χ1n) is 6.17. The van der Waals surface area contributed by atoms with Crippen LogP contribution in [-0.4, -0.2) is 22.0 Å². The number of aliphatic carboxylic acids is 1. The van der Waals surface area contributed by atoms with E-state index in [0.717, 1.165) is 5.69 Å². The van der Waals surface area contributed by atoms with Crippen molar-refractivity contribution in [1.82, 2.24) is 4.98 Å². The van der Waals surface area contributed by atoms with Crippen LogP contribution in [0, 0.1) is 5.41 Å². The van der Waals surface area contributed by atoms with Crippen molar-refractivity contribution in [2.24, 2.45) is 5.41 Å². The van der Waals surface area contributed by atoms with Gasteiger partial charge < -0.3 is 10.4 Å². The lowest BCUT2D eigenvalue weighted by Gasteiger charge is -2.20. The van der Waals surface area contributed by atoms with Gasteiger partial charge in [-0.3, -0.25) is 9.59 Å². The van der Waals surface area contributed by atoms with Crippen LogP contribution in [0.4, 0.5) is 5.13 Å². The summed E-state index contributed by atoms with van der Waals surface area (Å²) >= 11 is 1.39. The highest BCUT2D eigenvalue weighted by atomic mass is 32.1. The Morgan fingerprint density at radius 3 is 2.53 bits per heavy atom. The summed E-state index contributed by atoms with van der Waals surface area (Å²) in [5.74, 6) is -0.768. The quantitative estimate of drug-likeness (QED) is 0.841. The molecule has 5 nitrogen and oxygen atoms in total. The molecular weight excluding hydrogens is 264 g/mol. The number of rotatable bonds is 6. The Hall–Kier alpha value is -1.43. The molecule has 0 bridgehead atoms. The molecule has 0 atom stereocenters. The summed E-state index contributed by atoms with van der Waals surface area (Å²) in [5, 5.41) is 14.0. The number of carbonyl (C=O) groups excluding carboxylic acids is 1. The number of carbonyl (C=O) groups is 2.